The van der Waals surface area contributed by atoms with Crippen LogP contribution in [0, 0.1) is 0 Å². The number of hydrogen-bond donors (Lipinski definition) is 2. The number of likely N-dealkylation sites (tertiary alicyclic amines) is 1. The number of carbonyl (C=O) groups is 2. The van der Waals surface area contributed by atoms with Crippen molar-refractivity contribution in [3.05, 3.63) is 58.7 Å². The van der Waals surface area contributed by atoms with Crippen LogP contribution >= 0.6 is 11.6 Å². The maximum atomic E-state index is 13.0. The molecule has 0 aliphatic carbocycles. The number of aromatic nitrogens is 1. The molecule has 2 aliphatic rings. The number of hydrogen-bond acceptors (Lipinski definition) is 3. The minimum Gasteiger partial charge on any atom is -0.482 e. The zero-order valence-corrected chi connectivity index (χ0v) is 16.5. The van der Waals surface area contributed by atoms with E-state index < -0.39 is 0 Å². The van der Waals surface area contributed by atoms with Crippen LogP contribution in [0.5, 0.6) is 5.75 Å². The molecule has 1 fully saturated rings. The number of amides is 2. The average Bonchev–Trinajstić information content (AvgIpc) is 3.15. The highest BCUT2D eigenvalue weighted by Gasteiger charge is 2.27. The van der Waals surface area contributed by atoms with Crippen LogP contribution in [-0.2, 0) is 4.79 Å². The van der Waals surface area contributed by atoms with E-state index in [2.05, 4.69) is 22.6 Å². The van der Waals surface area contributed by atoms with E-state index in [0.717, 1.165) is 23.4 Å². The molecule has 0 bridgehead atoms. The van der Waals surface area contributed by atoms with Gasteiger partial charge in [0, 0.05) is 40.8 Å². The van der Waals surface area contributed by atoms with Crippen LogP contribution in [0.4, 0.5) is 5.69 Å². The van der Waals surface area contributed by atoms with E-state index >= 15 is 0 Å². The fraction of sp³-hybridized carbons (Fsp3) is 0.273. The van der Waals surface area contributed by atoms with Gasteiger partial charge in [0.1, 0.15) is 5.75 Å². The smallest absolute Gasteiger partial charge is 0.262 e. The van der Waals surface area contributed by atoms with Crippen LogP contribution in [0.25, 0.3) is 10.9 Å². The first-order valence-corrected chi connectivity index (χ1v) is 10.1. The van der Waals surface area contributed by atoms with E-state index in [4.69, 9.17) is 16.3 Å². The zero-order valence-electron chi connectivity index (χ0n) is 15.7. The molecule has 0 unspecified atom stereocenters. The molecule has 3 aromatic rings. The number of H-pyrrole nitrogens is 1. The molecule has 7 heteroatoms. The second kappa shape index (κ2) is 7.12. The van der Waals surface area contributed by atoms with Gasteiger partial charge in [0.25, 0.3) is 11.8 Å². The Balaban J connectivity index is 1.29. The predicted molar refractivity (Wildman–Crippen MR) is 112 cm³/mol. The van der Waals surface area contributed by atoms with Crippen LogP contribution in [0.2, 0.25) is 5.02 Å². The summed E-state index contributed by atoms with van der Waals surface area (Å²) in [7, 11) is 0. The lowest BCUT2D eigenvalue weighted by Crippen LogP contribution is -2.38. The number of benzene rings is 2. The topological polar surface area (TPSA) is 74.4 Å². The van der Waals surface area contributed by atoms with Gasteiger partial charge in [0.2, 0.25) is 0 Å². The minimum absolute atomic E-state index is 0.00779. The lowest BCUT2D eigenvalue weighted by atomic mass is 9.89. The third kappa shape index (κ3) is 3.34. The summed E-state index contributed by atoms with van der Waals surface area (Å²) in [6.45, 7) is 1.40. The van der Waals surface area contributed by atoms with Gasteiger partial charge in [-0.15, -0.1) is 0 Å². The molecule has 2 amide bonds. The fourth-order valence-electron chi connectivity index (χ4n) is 4.25. The van der Waals surface area contributed by atoms with Crippen molar-refractivity contribution in [1.29, 1.82) is 0 Å². The normalized spacial score (nSPS) is 17.0. The van der Waals surface area contributed by atoms with Crippen molar-refractivity contribution < 1.29 is 14.3 Å². The van der Waals surface area contributed by atoms with Crippen LogP contribution in [-0.4, -0.2) is 41.4 Å². The number of nitrogens with one attached hydrogen (secondary N) is 2. The number of anilines is 1. The lowest BCUT2D eigenvalue weighted by Gasteiger charge is -2.32. The summed E-state index contributed by atoms with van der Waals surface area (Å²) in [5, 5.41) is 4.68. The SMILES string of the molecule is O=C1COc2ccc(C(=O)N3CCC(c4c[nH]c5cc(Cl)ccc45)CC3)cc2N1. The molecule has 1 saturated heterocycles. The Labute approximate surface area is 172 Å². The molecule has 0 radical (unpaired) electrons. The first kappa shape index (κ1) is 18.1. The third-order valence-electron chi connectivity index (χ3n) is 5.76. The molecule has 0 atom stereocenters. The van der Waals surface area contributed by atoms with Crippen molar-refractivity contribution in [2.24, 2.45) is 0 Å². The summed E-state index contributed by atoms with van der Waals surface area (Å²) in [6.07, 6.45) is 3.88. The van der Waals surface area contributed by atoms with Gasteiger partial charge in [0.15, 0.2) is 6.61 Å². The Hall–Kier alpha value is -2.99. The molecule has 2 aromatic carbocycles. The lowest BCUT2D eigenvalue weighted by molar-refractivity contribution is -0.118. The second-order valence-electron chi connectivity index (χ2n) is 7.55. The van der Waals surface area contributed by atoms with Gasteiger partial charge in [-0.2, -0.15) is 0 Å². The van der Waals surface area contributed by atoms with E-state index in [9.17, 15) is 9.59 Å². The fourth-order valence-corrected chi connectivity index (χ4v) is 4.42. The van der Waals surface area contributed by atoms with Crippen molar-refractivity contribution in [3.8, 4) is 5.75 Å². The molecule has 2 aliphatic heterocycles. The largest absolute Gasteiger partial charge is 0.482 e. The van der Waals surface area contributed by atoms with E-state index in [1.165, 1.54) is 10.9 Å². The molecule has 29 heavy (non-hydrogen) atoms. The number of rotatable bonds is 2. The van der Waals surface area contributed by atoms with Gasteiger partial charge in [-0.1, -0.05) is 17.7 Å². The van der Waals surface area contributed by atoms with Gasteiger partial charge in [-0.3, -0.25) is 9.59 Å². The summed E-state index contributed by atoms with van der Waals surface area (Å²) in [6, 6.07) is 11.1. The highest BCUT2D eigenvalue weighted by molar-refractivity contribution is 6.31. The number of ether oxygens (including phenoxy) is 1. The third-order valence-corrected chi connectivity index (χ3v) is 5.99. The standard InChI is InChI=1S/C22H20ClN3O3/c23-15-2-3-16-17(11-24-18(16)10-15)13-5-7-26(8-6-13)22(28)14-1-4-20-19(9-14)25-21(27)12-29-20/h1-4,9-11,13,24H,5-8,12H2,(H,25,27). The molecule has 5 rings (SSSR count). The highest BCUT2D eigenvalue weighted by Crippen LogP contribution is 2.35. The van der Waals surface area contributed by atoms with Crippen LogP contribution in [0.1, 0.15) is 34.7 Å². The van der Waals surface area contributed by atoms with Crippen LogP contribution in [0.3, 0.4) is 0 Å². The van der Waals surface area contributed by atoms with Crippen molar-refractivity contribution in [2.45, 2.75) is 18.8 Å². The minimum atomic E-state index is -0.206. The number of carbonyl (C=O) groups excluding carboxylic acids is 2. The number of nitrogens with zero attached hydrogens (tertiary/aromatic N) is 1. The number of aromatic amines is 1. The quantitative estimate of drug-likeness (QED) is 0.667. The van der Waals surface area contributed by atoms with E-state index in [1.54, 1.807) is 18.2 Å². The zero-order chi connectivity index (χ0) is 20.0. The van der Waals surface area contributed by atoms with Gasteiger partial charge < -0.3 is 19.9 Å². The van der Waals surface area contributed by atoms with Gasteiger partial charge in [-0.05, 0) is 54.7 Å². The molecule has 2 N–H and O–H groups in total. The summed E-state index contributed by atoms with van der Waals surface area (Å²) in [5.41, 5.74) is 3.45. The molecular weight excluding hydrogens is 390 g/mol. The molecule has 1 aromatic heterocycles. The first-order chi connectivity index (χ1) is 14.1. The summed E-state index contributed by atoms with van der Waals surface area (Å²) < 4.78 is 5.37. The van der Waals surface area contributed by atoms with E-state index in [-0.39, 0.29) is 18.4 Å². The second-order valence-corrected chi connectivity index (χ2v) is 7.98. The molecule has 6 nitrogen and oxygen atoms in total. The Morgan fingerprint density at radius 3 is 2.79 bits per heavy atom. The van der Waals surface area contributed by atoms with Crippen molar-refractivity contribution in [2.75, 3.05) is 25.0 Å². The maximum absolute atomic E-state index is 13.0. The van der Waals surface area contributed by atoms with E-state index in [1.807, 2.05) is 17.0 Å². The number of halogens is 1. The number of fused-ring (bicyclic) bond motifs is 2. The van der Waals surface area contributed by atoms with E-state index in [0.29, 0.717) is 36.0 Å². The van der Waals surface area contributed by atoms with Crippen LogP contribution in [0.15, 0.2) is 42.6 Å². The Morgan fingerprint density at radius 1 is 1.14 bits per heavy atom. The summed E-state index contributed by atoms with van der Waals surface area (Å²) >= 11 is 6.08. The highest BCUT2D eigenvalue weighted by atomic mass is 35.5. The molecule has 0 saturated carbocycles. The molecule has 3 heterocycles. The average molecular weight is 410 g/mol. The molecule has 148 valence electrons. The maximum Gasteiger partial charge on any atom is 0.262 e. The van der Waals surface area contributed by atoms with Crippen LogP contribution < -0.4 is 10.1 Å². The Kier molecular flexibility index (Phi) is 4.43. The predicted octanol–water partition coefficient (Wildman–Crippen LogP) is 4.17. The molecule has 0 spiro atoms. The van der Waals surface area contributed by atoms with Gasteiger partial charge >= 0.3 is 0 Å². The summed E-state index contributed by atoms with van der Waals surface area (Å²) in [4.78, 5) is 29.7. The summed E-state index contributed by atoms with van der Waals surface area (Å²) in [5.74, 6) is 0.782. The first-order valence-electron chi connectivity index (χ1n) is 9.71. The van der Waals surface area contributed by atoms with Crippen molar-refractivity contribution >= 4 is 40.0 Å². The van der Waals surface area contributed by atoms with Crippen molar-refractivity contribution in [1.82, 2.24) is 9.88 Å². The molecular formula is C22H20ClN3O3. The van der Waals surface area contributed by atoms with Gasteiger partial charge in [-0.25, -0.2) is 0 Å². The van der Waals surface area contributed by atoms with Crippen molar-refractivity contribution in [3.63, 3.8) is 0 Å². The Morgan fingerprint density at radius 2 is 1.97 bits per heavy atom. The Bertz CT molecular complexity index is 1120. The van der Waals surface area contributed by atoms with Gasteiger partial charge in [0.05, 0.1) is 5.69 Å². The monoisotopic (exact) mass is 409 g/mol. The number of piperidine rings is 1.